The first-order chi connectivity index (χ1) is 6.27. The lowest BCUT2D eigenvalue weighted by molar-refractivity contribution is 0.561. The smallest absolute Gasteiger partial charge is 0.284 e. The summed E-state index contributed by atoms with van der Waals surface area (Å²) in [5.41, 5.74) is 3.16. The quantitative estimate of drug-likeness (QED) is 0.661. The Hall–Kier alpha value is -1.57. The van der Waals surface area contributed by atoms with Crippen LogP contribution in [0.2, 0.25) is 0 Å². The molecule has 0 N–H and O–H groups in total. The summed E-state index contributed by atoms with van der Waals surface area (Å²) in [6.45, 7) is 3.97. The number of hydrogen-bond acceptors (Lipinski definition) is 2. The third kappa shape index (κ3) is 1.47. The Balaban J connectivity index is 2.53. The SMILES string of the molecule is Cc1cccc(-c2o[c]nc2C)c1. The first kappa shape index (κ1) is 8.05. The third-order valence-corrected chi connectivity index (χ3v) is 1.97. The minimum Gasteiger partial charge on any atom is -0.432 e. The van der Waals surface area contributed by atoms with Crippen molar-refractivity contribution in [2.75, 3.05) is 0 Å². The molecule has 1 heterocycles. The van der Waals surface area contributed by atoms with Crippen LogP contribution in [-0.2, 0) is 0 Å². The normalized spacial score (nSPS) is 10.3. The topological polar surface area (TPSA) is 26.0 Å². The van der Waals surface area contributed by atoms with E-state index in [4.69, 9.17) is 4.42 Å². The van der Waals surface area contributed by atoms with Crippen LogP contribution in [0.15, 0.2) is 28.7 Å². The molecule has 13 heavy (non-hydrogen) atoms. The van der Waals surface area contributed by atoms with E-state index < -0.39 is 0 Å². The van der Waals surface area contributed by atoms with Crippen LogP contribution in [0.25, 0.3) is 11.3 Å². The van der Waals surface area contributed by atoms with Gasteiger partial charge in [-0.15, -0.1) is 0 Å². The van der Waals surface area contributed by atoms with Gasteiger partial charge in [0.25, 0.3) is 6.39 Å². The van der Waals surface area contributed by atoms with Gasteiger partial charge in [0.05, 0.1) is 5.69 Å². The van der Waals surface area contributed by atoms with Crippen LogP contribution in [0.5, 0.6) is 0 Å². The largest absolute Gasteiger partial charge is 0.432 e. The van der Waals surface area contributed by atoms with Gasteiger partial charge in [0.15, 0.2) is 5.76 Å². The second kappa shape index (κ2) is 3.05. The van der Waals surface area contributed by atoms with Gasteiger partial charge >= 0.3 is 0 Å². The Morgan fingerprint density at radius 2 is 2.15 bits per heavy atom. The van der Waals surface area contributed by atoms with Crippen molar-refractivity contribution in [2.45, 2.75) is 13.8 Å². The molecule has 0 unspecified atom stereocenters. The summed E-state index contributed by atoms with van der Waals surface area (Å²) < 4.78 is 5.17. The van der Waals surface area contributed by atoms with Crippen LogP contribution in [0, 0.1) is 20.2 Å². The second-order valence-electron chi connectivity index (χ2n) is 3.09. The zero-order valence-electron chi connectivity index (χ0n) is 7.66. The zero-order valence-corrected chi connectivity index (χ0v) is 7.66. The number of aromatic nitrogens is 1. The molecular weight excluding hydrogens is 162 g/mol. The summed E-state index contributed by atoms with van der Waals surface area (Å²) in [5, 5.41) is 0. The predicted octanol–water partition coefficient (Wildman–Crippen LogP) is 2.76. The van der Waals surface area contributed by atoms with Gasteiger partial charge in [0.1, 0.15) is 0 Å². The summed E-state index contributed by atoms with van der Waals surface area (Å²) in [5.74, 6) is 0.809. The van der Waals surface area contributed by atoms with Crippen molar-refractivity contribution in [1.82, 2.24) is 4.98 Å². The van der Waals surface area contributed by atoms with Crippen molar-refractivity contribution in [2.24, 2.45) is 0 Å². The van der Waals surface area contributed by atoms with Crippen LogP contribution < -0.4 is 0 Å². The molecule has 0 bridgehead atoms. The number of hydrogen-bond donors (Lipinski definition) is 0. The fourth-order valence-corrected chi connectivity index (χ4v) is 1.32. The average Bonchev–Trinajstić information content (AvgIpc) is 2.51. The summed E-state index contributed by atoms with van der Waals surface area (Å²) in [7, 11) is 0. The molecule has 2 aromatic rings. The van der Waals surface area contributed by atoms with Crippen LogP contribution in [0.1, 0.15) is 11.3 Å². The van der Waals surface area contributed by atoms with Gasteiger partial charge in [-0.1, -0.05) is 23.8 Å². The highest BCUT2D eigenvalue weighted by molar-refractivity contribution is 5.59. The van der Waals surface area contributed by atoms with Gasteiger partial charge < -0.3 is 4.42 Å². The molecule has 65 valence electrons. The number of aryl methyl sites for hydroxylation is 2. The first-order valence-corrected chi connectivity index (χ1v) is 4.18. The number of nitrogens with zero attached hydrogens (tertiary/aromatic N) is 1. The maximum absolute atomic E-state index is 5.17. The molecule has 2 heteroatoms. The van der Waals surface area contributed by atoms with Crippen LogP contribution in [0.4, 0.5) is 0 Å². The molecule has 1 aromatic carbocycles. The minimum atomic E-state index is 0.809. The fraction of sp³-hybridized carbons (Fsp3) is 0.182. The average molecular weight is 172 g/mol. The second-order valence-corrected chi connectivity index (χ2v) is 3.09. The molecule has 2 rings (SSSR count). The Morgan fingerprint density at radius 3 is 2.77 bits per heavy atom. The molecule has 0 aliphatic rings. The van der Waals surface area contributed by atoms with Crippen molar-refractivity contribution in [3.63, 3.8) is 0 Å². The van der Waals surface area contributed by atoms with Gasteiger partial charge in [-0.25, -0.2) is 4.98 Å². The fourth-order valence-electron chi connectivity index (χ4n) is 1.32. The molecule has 0 aliphatic carbocycles. The van der Waals surface area contributed by atoms with Crippen molar-refractivity contribution in [1.29, 1.82) is 0 Å². The molecule has 0 amide bonds. The lowest BCUT2D eigenvalue weighted by atomic mass is 10.1. The monoisotopic (exact) mass is 172 g/mol. The van der Waals surface area contributed by atoms with E-state index in [0.29, 0.717) is 0 Å². The van der Waals surface area contributed by atoms with Gasteiger partial charge in [0.2, 0.25) is 0 Å². The van der Waals surface area contributed by atoms with E-state index in [9.17, 15) is 0 Å². The Kier molecular flexibility index (Phi) is 1.89. The molecule has 0 spiro atoms. The highest BCUT2D eigenvalue weighted by Gasteiger charge is 2.06. The summed E-state index contributed by atoms with van der Waals surface area (Å²) in [6, 6.07) is 8.14. The first-order valence-electron chi connectivity index (χ1n) is 4.18. The molecule has 0 atom stereocenters. The van der Waals surface area contributed by atoms with Crippen LogP contribution in [-0.4, -0.2) is 4.98 Å². The third-order valence-electron chi connectivity index (χ3n) is 1.97. The van der Waals surface area contributed by atoms with E-state index in [2.05, 4.69) is 30.4 Å². The molecular formula is C11H10NO. The summed E-state index contributed by atoms with van der Waals surface area (Å²) >= 11 is 0. The minimum absolute atomic E-state index is 0.809. The van der Waals surface area contributed by atoms with Gasteiger partial charge in [-0.05, 0) is 19.9 Å². The Labute approximate surface area is 77.2 Å². The highest BCUT2D eigenvalue weighted by atomic mass is 16.3. The maximum Gasteiger partial charge on any atom is 0.284 e. The maximum atomic E-state index is 5.17. The summed E-state index contributed by atoms with van der Waals surface area (Å²) in [6.07, 6.45) is 2.49. The molecule has 0 saturated carbocycles. The van der Waals surface area contributed by atoms with Crippen molar-refractivity contribution in [3.8, 4) is 11.3 Å². The number of oxazole rings is 1. The van der Waals surface area contributed by atoms with Crippen LogP contribution in [0.3, 0.4) is 0 Å². The van der Waals surface area contributed by atoms with Gasteiger partial charge in [-0.3, -0.25) is 0 Å². The molecule has 1 radical (unpaired) electrons. The molecule has 0 fully saturated rings. The number of benzene rings is 1. The van der Waals surface area contributed by atoms with Gasteiger partial charge in [0, 0.05) is 5.56 Å². The van der Waals surface area contributed by atoms with E-state index in [1.165, 1.54) is 5.56 Å². The predicted molar refractivity (Wildman–Crippen MR) is 50.2 cm³/mol. The van der Waals surface area contributed by atoms with E-state index in [1.807, 2.05) is 19.1 Å². The Morgan fingerprint density at radius 1 is 1.31 bits per heavy atom. The van der Waals surface area contributed by atoms with E-state index in [0.717, 1.165) is 17.0 Å². The van der Waals surface area contributed by atoms with Crippen molar-refractivity contribution < 1.29 is 4.42 Å². The zero-order chi connectivity index (χ0) is 9.26. The lowest BCUT2D eigenvalue weighted by Gasteiger charge is -1.98. The molecule has 0 saturated heterocycles. The lowest BCUT2D eigenvalue weighted by Crippen LogP contribution is -1.79. The van der Waals surface area contributed by atoms with E-state index in [1.54, 1.807) is 0 Å². The Bertz CT molecular complexity index is 418. The molecule has 1 aromatic heterocycles. The van der Waals surface area contributed by atoms with Gasteiger partial charge in [-0.2, -0.15) is 0 Å². The highest BCUT2D eigenvalue weighted by Crippen LogP contribution is 2.22. The standard InChI is InChI=1S/C11H10NO/c1-8-4-3-5-10(6-8)11-9(2)12-7-13-11/h3-6H,1-2H3. The van der Waals surface area contributed by atoms with Crippen molar-refractivity contribution >= 4 is 0 Å². The number of rotatable bonds is 1. The van der Waals surface area contributed by atoms with Crippen molar-refractivity contribution in [3.05, 3.63) is 41.9 Å². The van der Waals surface area contributed by atoms with E-state index >= 15 is 0 Å². The van der Waals surface area contributed by atoms with E-state index in [-0.39, 0.29) is 0 Å². The molecule has 0 aliphatic heterocycles. The van der Waals surface area contributed by atoms with Crippen LogP contribution >= 0.6 is 0 Å². The summed E-state index contributed by atoms with van der Waals surface area (Å²) in [4.78, 5) is 3.93. The molecule has 2 nitrogen and oxygen atoms in total.